The summed E-state index contributed by atoms with van der Waals surface area (Å²) in [6.07, 6.45) is 3.08. The van der Waals surface area contributed by atoms with Crippen molar-refractivity contribution in [2.24, 2.45) is 0 Å². The number of nitrogens with zero attached hydrogens (tertiary/aromatic N) is 2. The van der Waals surface area contributed by atoms with Gasteiger partial charge in [-0.15, -0.1) is 0 Å². The van der Waals surface area contributed by atoms with Crippen LogP contribution in [0.15, 0.2) is 42.7 Å². The summed E-state index contributed by atoms with van der Waals surface area (Å²) < 4.78 is 13.2. The normalized spacial score (nSPS) is 9.96. The van der Waals surface area contributed by atoms with Crippen LogP contribution in [-0.4, -0.2) is 21.7 Å². The number of pyridine rings is 1. The van der Waals surface area contributed by atoms with E-state index in [-0.39, 0.29) is 12.2 Å². The summed E-state index contributed by atoms with van der Waals surface area (Å²) in [6, 6.07) is 6.13. The number of rotatable bonds is 4. The van der Waals surface area contributed by atoms with Gasteiger partial charge in [0, 0.05) is 30.7 Å². The second-order valence-electron chi connectivity index (χ2n) is 4.42. The third kappa shape index (κ3) is 4.30. The van der Waals surface area contributed by atoms with Gasteiger partial charge in [0.25, 0.3) is 0 Å². The van der Waals surface area contributed by atoms with Crippen LogP contribution in [0.4, 0.5) is 15.8 Å². The SMILES string of the molecule is O=C(NCc1ccncc1)C(=O)Nc1ccc(F)c([N+](=O)[O-])c1. The van der Waals surface area contributed by atoms with Crippen molar-refractivity contribution in [3.05, 3.63) is 64.2 Å². The molecule has 9 heteroatoms. The number of nitro benzene ring substituents is 1. The highest BCUT2D eigenvalue weighted by Crippen LogP contribution is 2.21. The molecule has 2 N–H and O–H groups in total. The van der Waals surface area contributed by atoms with Crippen LogP contribution in [0.5, 0.6) is 0 Å². The Morgan fingerprint density at radius 1 is 1.17 bits per heavy atom. The van der Waals surface area contributed by atoms with E-state index in [0.29, 0.717) is 0 Å². The van der Waals surface area contributed by atoms with Gasteiger partial charge in [-0.3, -0.25) is 24.7 Å². The summed E-state index contributed by atoms with van der Waals surface area (Å²) in [7, 11) is 0. The summed E-state index contributed by atoms with van der Waals surface area (Å²) in [5, 5.41) is 15.2. The number of halogens is 1. The molecule has 1 aromatic carbocycles. The maximum Gasteiger partial charge on any atom is 0.313 e. The number of hydrogen-bond donors (Lipinski definition) is 2. The van der Waals surface area contributed by atoms with Gasteiger partial charge in [0.15, 0.2) is 0 Å². The fourth-order valence-corrected chi connectivity index (χ4v) is 1.68. The maximum atomic E-state index is 13.2. The fraction of sp³-hybridized carbons (Fsp3) is 0.0714. The molecule has 1 aromatic heterocycles. The van der Waals surface area contributed by atoms with Gasteiger partial charge < -0.3 is 10.6 Å². The minimum Gasteiger partial charge on any atom is -0.344 e. The molecule has 8 nitrogen and oxygen atoms in total. The zero-order valence-electron chi connectivity index (χ0n) is 11.7. The first kappa shape index (κ1) is 16.0. The molecule has 2 rings (SSSR count). The number of anilines is 1. The molecule has 0 atom stereocenters. The maximum absolute atomic E-state index is 13.2. The van der Waals surface area contributed by atoms with Gasteiger partial charge in [-0.1, -0.05) is 0 Å². The Kier molecular flexibility index (Phi) is 4.92. The average molecular weight is 318 g/mol. The molecule has 0 radical (unpaired) electrons. The summed E-state index contributed by atoms with van der Waals surface area (Å²) in [4.78, 5) is 36.9. The quantitative estimate of drug-likeness (QED) is 0.502. The Labute approximate surface area is 129 Å². The van der Waals surface area contributed by atoms with Gasteiger partial charge in [0.1, 0.15) is 0 Å². The number of carbonyl (C=O) groups excluding carboxylic acids is 2. The lowest BCUT2D eigenvalue weighted by Gasteiger charge is -2.06. The Morgan fingerprint density at radius 3 is 2.52 bits per heavy atom. The van der Waals surface area contributed by atoms with E-state index < -0.39 is 28.2 Å². The molecule has 0 aliphatic rings. The molecule has 0 bridgehead atoms. The zero-order chi connectivity index (χ0) is 16.8. The van der Waals surface area contributed by atoms with Crippen molar-refractivity contribution in [1.29, 1.82) is 0 Å². The Hall–Kier alpha value is -3.36. The minimum atomic E-state index is -1.03. The molecule has 0 unspecified atom stereocenters. The third-order valence-electron chi connectivity index (χ3n) is 2.81. The molecule has 1 heterocycles. The summed E-state index contributed by atoms with van der Waals surface area (Å²) in [5.41, 5.74) is -0.0966. The minimum absolute atomic E-state index is 0.0536. The van der Waals surface area contributed by atoms with Gasteiger partial charge in [-0.05, 0) is 29.8 Å². The molecular formula is C14H11FN4O4. The lowest BCUT2D eigenvalue weighted by Crippen LogP contribution is -2.34. The molecule has 118 valence electrons. The molecule has 0 aliphatic heterocycles. The molecule has 0 saturated carbocycles. The van der Waals surface area contributed by atoms with E-state index in [1.807, 2.05) is 0 Å². The first-order valence-electron chi connectivity index (χ1n) is 6.39. The Balaban J connectivity index is 1.97. The van der Waals surface area contributed by atoms with Gasteiger partial charge in [0.2, 0.25) is 5.82 Å². The van der Waals surface area contributed by atoms with Crippen LogP contribution >= 0.6 is 0 Å². The third-order valence-corrected chi connectivity index (χ3v) is 2.81. The van der Waals surface area contributed by atoms with Gasteiger partial charge in [0.05, 0.1) is 4.92 Å². The van der Waals surface area contributed by atoms with Crippen LogP contribution in [0.1, 0.15) is 5.56 Å². The Morgan fingerprint density at radius 2 is 1.87 bits per heavy atom. The molecule has 0 spiro atoms. The number of amides is 2. The van der Waals surface area contributed by atoms with Crippen molar-refractivity contribution in [3.63, 3.8) is 0 Å². The summed E-state index contributed by atoms with van der Waals surface area (Å²) in [6.45, 7) is 0.123. The van der Waals surface area contributed by atoms with E-state index in [0.717, 1.165) is 23.8 Å². The summed E-state index contributed by atoms with van der Waals surface area (Å²) >= 11 is 0. The number of benzene rings is 1. The van der Waals surface area contributed by atoms with Crippen molar-refractivity contribution in [1.82, 2.24) is 10.3 Å². The predicted molar refractivity (Wildman–Crippen MR) is 77.8 cm³/mol. The van der Waals surface area contributed by atoms with Crippen molar-refractivity contribution in [2.75, 3.05) is 5.32 Å². The average Bonchev–Trinajstić information content (AvgIpc) is 2.55. The second kappa shape index (κ2) is 7.07. The van der Waals surface area contributed by atoms with Crippen LogP contribution in [-0.2, 0) is 16.1 Å². The standard InChI is InChI=1S/C14H11FN4O4/c15-11-2-1-10(7-12(11)19(22)23)18-14(21)13(20)17-8-9-3-5-16-6-4-9/h1-7H,8H2,(H,17,20)(H,18,21). The van der Waals surface area contributed by atoms with Crippen molar-refractivity contribution in [2.45, 2.75) is 6.54 Å². The molecular weight excluding hydrogens is 307 g/mol. The fourth-order valence-electron chi connectivity index (χ4n) is 1.68. The topological polar surface area (TPSA) is 114 Å². The van der Waals surface area contributed by atoms with Crippen LogP contribution in [0.3, 0.4) is 0 Å². The van der Waals surface area contributed by atoms with Crippen molar-refractivity contribution < 1.29 is 18.9 Å². The molecule has 23 heavy (non-hydrogen) atoms. The van der Waals surface area contributed by atoms with Crippen LogP contribution in [0.25, 0.3) is 0 Å². The number of hydrogen-bond acceptors (Lipinski definition) is 5. The van der Waals surface area contributed by atoms with E-state index in [9.17, 15) is 24.1 Å². The summed E-state index contributed by atoms with van der Waals surface area (Å²) in [5.74, 6) is -2.97. The first-order valence-corrected chi connectivity index (χ1v) is 6.39. The number of nitro groups is 1. The van der Waals surface area contributed by atoms with Crippen molar-refractivity contribution >= 4 is 23.2 Å². The van der Waals surface area contributed by atoms with E-state index in [1.165, 1.54) is 0 Å². The lowest BCUT2D eigenvalue weighted by molar-refractivity contribution is -0.387. The number of carbonyl (C=O) groups is 2. The van der Waals surface area contributed by atoms with Crippen LogP contribution in [0.2, 0.25) is 0 Å². The second-order valence-corrected chi connectivity index (χ2v) is 4.42. The highest BCUT2D eigenvalue weighted by molar-refractivity contribution is 6.39. The number of nitrogens with one attached hydrogen (secondary N) is 2. The predicted octanol–water partition coefficient (Wildman–Crippen LogP) is 1.38. The largest absolute Gasteiger partial charge is 0.344 e. The molecule has 2 aromatic rings. The van der Waals surface area contributed by atoms with Gasteiger partial charge in [-0.2, -0.15) is 4.39 Å². The molecule has 2 amide bonds. The lowest BCUT2D eigenvalue weighted by atomic mass is 10.2. The number of aromatic nitrogens is 1. The molecule has 0 saturated heterocycles. The zero-order valence-corrected chi connectivity index (χ0v) is 11.7. The van der Waals surface area contributed by atoms with E-state index in [1.54, 1.807) is 24.5 Å². The molecule has 0 aliphatic carbocycles. The highest BCUT2D eigenvalue weighted by atomic mass is 19.1. The van der Waals surface area contributed by atoms with Crippen LogP contribution < -0.4 is 10.6 Å². The van der Waals surface area contributed by atoms with Gasteiger partial charge in [-0.25, -0.2) is 0 Å². The van der Waals surface area contributed by atoms with Crippen molar-refractivity contribution in [3.8, 4) is 0 Å². The smallest absolute Gasteiger partial charge is 0.313 e. The van der Waals surface area contributed by atoms with Crippen LogP contribution in [0, 0.1) is 15.9 Å². The van der Waals surface area contributed by atoms with E-state index >= 15 is 0 Å². The van der Waals surface area contributed by atoms with E-state index in [4.69, 9.17) is 0 Å². The van der Waals surface area contributed by atoms with Gasteiger partial charge >= 0.3 is 17.5 Å². The van der Waals surface area contributed by atoms with E-state index in [2.05, 4.69) is 15.6 Å². The molecule has 0 fully saturated rings. The monoisotopic (exact) mass is 318 g/mol. The first-order chi connectivity index (χ1) is 11.0. The highest BCUT2D eigenvalue weighted by Gasteiger charge is 2.18. The Bertz CT molecular complexity index is 752.